The molecule has 0 bridgehead atoms. The number of unbranched alkanes of at least 4 members (excludes halogenated alkanes) is 2. The van der Waals surface area contributed by atoms with Gasteiger partial charge in [-0.05, 0) is 50.6 Å². The van der Waals surface area contributed by atoms with E-state index < -0.39 is 0 Å². The van der Waals surface area contributed by atoms with Crippen molar-refractivity contribution in [2.24, 2.45) is 0 Å². The van der Waals surface area contributed by atoms with Gasteiger partial charge in [-0.2, -0.15) is 0 Å². The summed E-state index contributed by atoms with van der Waals surface area (Å²) in [4.78, 5) is 24.6. The predicted octanol–water partition coefficient (Wildman–Crippen LogP) is 5.24. The fourth-order valence-corrected chi connectivity index (χ4v) is 2.64. The highest BCUT2D eigenvalue weighted by molar-refractivity contribution is 6.06. The van der Waals surface area contributed by atoms with Gasteiger partial charge in [0.1, 0.15) is 5.75 Å². The van der Waals surface area contributed by atoms with Crippen molar-refractivity contribution in [3.63, 3.8) is 0 Å². The fraction of sp³-hybridized carbons (Fsp3) is 0.364. The van der Waals surface area contributed by atoms with Gasteiger partial charge in [-0.15, -0.1) is 0 Å². The van der Waals surface area contributed by atoms with Crippen molar-refractivity contribution >= 4 is 23.2 Å². The lowest BCUT2D eigenvalue weighted by Crippen LogP contribution is -2.16. The third kappa shape index (κ3) is 6.77. The number of ether oxygens (including phenoxy) is 1. The van der Waals surface area contributed by atoms with Gasteiger partial charge in [0.15, 0.2) is 0 Å². The lowest BCUT2D eigenvalue weighted by atomic mass is 10.1. The minimum Gasteiger partial charge on any atom is -0.490 e. The number of anilines is 2. The molecule has 2 N–H and O–H groups in total. The molecular formula is C22H28N2O3. The highest BCUT2D eigenvalue weighted by Gasteiger charge is 2.13. The van der Waals surface area contributed by atoms with E-state index in [-0.39, 0.29) is 17.9 Å². The SMILES string of the molecule is CCCCCC(=O)Nc1cccc(NC(=O)c2ccccc2OC(C)C)c1. The molecule has 0 aliphatic carbocycles. The Labute approximate surface area is 161 Å². The molecule has 0 saturated carbocycles. The second kappa shape index (κ2) is 10.4. The van der Waals surface area contributed by atoms with Gasteiger partial charge < -0.3 is 15.4 Å². The summed E-state index contributed by atoms with van der Waals surface area (Å²) in [6.07, 6.45) is 3.48. The molecule has 0 heterocycles. The number of rotatable bonds is 9. The van der Waals surface area contributed by atoms with E-state index in [9.17, 15) is 9.59 Å². The maximum absolute atomic E-state index is 12.6. The molecule has 0 atom stereocenters. The van der Waals surface area contributed by atoms with Crippen LogP contribution in [-0.2, 0) is 4.79 Å². The molecule has 144 valence electrons. The van der Waals surface area contributed by atoms with Crippen LogP contribution in [0.1, 0.15) is 56.8 Å². The van der Waals surface area contributed by atoms with Crippen molar-refractivity contribution in [2.45, 2.75) is 52.6 Å². The minimum absolute atomic E-state index is 0.0115. The number of carbonyl (C=O) groups excluding carboxylic acids is 2. The standard InChI is InChI=1S/C22H28N2O3/c1-4-5-6-14-21(25)23-17-10-9-11-18(15-17)24-22(26)19-12-7-8-13-20(19)27-16(2)3/h7-13,15-16H,4-6,14H2,1-3H3,(H,23,25)(H,24,26). The summed E-state index contributed by atoms with van der Waals surface area (Å²) in [5.41, 5.74) is 1.76. The minimum atomic E-state index is -0.252. The Balaban J connectivity index is 2.04. The Hall–Kier alpha value is -2.82. The Morgan fingerprint density at radius 1 is 0.963 bits per heavy atom. The maximum atomic E-state index is 12.6. The highest BCUT2D eigenvalue weighted by atomic mass is 16.5. The molecule has 0 radical (unpaired) electrons. The van der Waals surface area contributed by atoms with Gasteiger partial charge in [0.25, 0.3) is 5.91 Å². The molecule has 0 unspecified atom stereocenters. The Bertz CT molecular complexity index is 772. The third-order valence-corrected chi connectivity index (χ3v) is 3.91. The van der Waals surface area contributed by atoms with Crippen molar-refractivity contribution in [2.75, 3.05) is 10.6 Å². The van der Waals surface area contributed by atoms with Crippen LogP contribution in [0.15, 0.2) is 48.5 Å². The zero-order valence-electron chi connectivity index (χ0n) is 16.2. The van der Waals surface area contributed by atoms with Crippen LogP contribution in [-0.4, -0.2) is 17.9 Å². The van der Waals surface area contributed by atoms with E-state index in [2.05, 4.69) is 17.6 Å². The van der Waals surface area contributed by atoms with Crippen LogP contribution in [0.4, 0.5) is 11.4 Å². The summed E-state index contributed by atoms with van der Waals surface area (Å²) < 4.78 is 5.71. The lowest BCUT2D eigenvalue weighted by molar-refractivity contribution is -0.116. The summed E-state index contributed by atoms with van der Waals surface area (Å²) in [7, 11) is 0. The normalized spacial score (nSPS) is 10.5. The van der Waals surface area contributed by atoms with Crippen molar-refractivity contribution in [3.05, 3.63) is 54.1 Å². The Kier molecular flexibility index (Phi) is 7.86. The van der Waals surface area contributed by atoms with Crippen molar-refractivity contribution in [3.8, 4) is 5.75 Å². The van der Waals surface area contributed by atoms with Crippen LogP contribution in [0.3, 0.4) is 0 Å². The zero-order chi connectivity index (χ0) is 19.6. The number of hydrogen-bond acceptors (Lipinski definition) is 3. The number of amides is 2. The van der Waals surface area contributed by atoms with Crippen LogP contribution in [0.25, 0.3) is 0 Å². The molecule has 2 amide bonds. The second-order valence-electron chi connectivity index (χ2n) is 6.70. The summed E-state index contributed by atoms with van der Waals surface area (Å²) in [6.45, 7) is 5.94. The van der Waals surface area contributed by atoms with E-state index in [1.54, 1.807) is 36.4 Å². The molecule has 0 aliphatic heterocycles. The van der Waals surface area contributed by atoms with Gasteiger partial charge in [-0.3, -0.25) is 9.59 Å². The number of hydrogen-bond donors (Lipinski definition) is 2. The van der Waals surface area contributed by atoms with Crippen LogP contribution in [0, 0.1) is 0 Å². The average molecular weight is 368 g/mol. The summed E-state index contributed by atoms with van der Waals surface area (Å²) in [5, 5.41) is 5.74. The molecular weight excluding hydrogens is 340 g/mol. The monoisotopic (exact) mass is 368 g/mol. The maximum Gasteiger partial charge on any atom is 0.259 e. The Morgan fingerprint density at radius 3 is 2.37 bits per heavy atom. The summed E-state index contributed by atoms with van der Waals surface area (Å²) in [6, 6.07) is 14.3. The van der Waals surface area contributed by atoms with Gasteiger partial charge >= 0.3 is 0 Å². The number of nitrogens with one attached hydrogen (secondary N) is 2. The topological polar surface area (TPSA) is 67.4 Å². The van der Waals surface area contributed by atoms with Gasteiger partial charge in [0.2, 0.25) is 5.91 Å². The second-order valence-corrected chi connectivity index (χ2v) is 6.70. The first-order valence-corrected chi connectivity index (χ1v) is 9.46. The molecule has 2 rings (SSSR count). The van der Waals surface area contributed by atoms with Crippen molar-refractivity contribution in [1.82, 2.24) is 0 Å². The molecule has 2 aromatic carbocycles. The predicted molar refractivity (Wildman–Crippen MR) is 109 cm³/mol. The molecule has 27 heavy (non-hydrogen) atoms. The molecule has 0 spiro atoms. The van der Waals surface area contributed by atoms with E-state index >= 15 is 0 Å². The van der Waals surface area contributed by atoms with E-state index in [0.29, 0.717) is 29.1 Å². The first kappa shape index (κ1) is 20.5. The quantitative estimate of drug-likeness (QED) is 0.594. The molecule has 5 heteroatoms. The lowest BCUT2D eigenvalue weighted by Gasteiger charge is -2.14. The van der Waals surface area contributed by atoms with Crippen LogP contribution >= 0.6 is 0 Å². The zero-order valence-corrected chi connectivity index (χ0v) is 16.2. The molecule has 5 nitrogen and oxygen atoms in total. The number of para-hydroxylation sites is 1. The number of carbonyl (C=O) groups is 2. The molecule has 0 aliphatic rings. The summed E-state index contributed by atoms with van der Waals surface area (Å²) >= 11 is 0. The van der Waals surface area contributed by atoms with E-state index in [1.165, 1.54) is 0 Å². The molecule has 0 fully saturated rings. The highest BCUT2D eigenvalue weighted by Crippen LogP contribution is 2.22. The van der Waals surface area contributed by atoms with Gasteiger partial charge in [0.05, 0.1) is 11.7 Å². The van der Waals surface area contributed by atoms with Crippen LogP contribution in [0.5, 0.6) is 5.75 Å². The smallest absolute Gasteiger partial charge is 0.259 e. The average Bonchev–Trinajstić information content (AvgIpc) is 2.62. The molecule has 0 saturated heterocycles. The first-order valence-electron chi connectivity index (χ1n) is 9.46. The largest absolute Gasteiger partial charge is 0.490 e. The number of benzene rings is 2. The van der Waals surface area contributed by atoms with E-state index in [4.69, 9.17) is 4.74 Å². The van der Waals surface area contributed by atoms with Crippen molar-refractivity contribution < 1.29 is 14.3 Å². The van der Waals surface area contributed by atoms with E-state index in [0.717, 1.165) is 19.3 Å². The molecule has 2 aromatic rings. The van der Waals surface area contributed by atoms with Gasteiger partial charge in [-0.25, -0.2) is 0 Å². The summed E-state index contributed by atoms with van der Waals surface area (Å²) in [5.74, 6) is 0.283. The third-order valence-electron chi connectivity index (χ3n) is 3.91. The fourth-order valence-electron chi connectivity index (χ4n) is 2.64. The van der Waals surface area contributed by atoms with Crippen LogP contribution in [0.2, 0.25) is 0 Å². The first-order chi connectivity index (χ1) is 13.0. The van der Waals surface area contributed by atoms with Gasteiger partial charge in [-0.1, -0.05) is 38.0 Å². The van der Waals surface area contributed by atoms with Crippen LogP contribution < -0.4 is 15.4 Å². The van der Waals surface area contributed by atoms with Crippen molar-refractivity contribution in [1.29, 1.82) is 0 Å². The molecule has 0 aromatic heterocycles. The van der Waals surface area contributed by atoms with E-state index in [1.807, 2.05) is 26.0 Å². The Morgan fingerprint density at radius 2 is 1.67 bits per heavy atom. The van der Waals surface area contributed by atoms with Gasteiger partial charge in [0, 0.05) is 17.8 Å².